The van der Waals surface area contributed by atoms with Gasteiger partial charge in [-0.25, -0.2) is 4.39 Å². The Morgan fingerprint density at radius 1 is 1.26 bits per heavy atom. The van der Waals surface area contributed by atoms with Crippen LogP contribution < -0.4 is 10.1 Å². The Kier molecular flexibility index (Phi) is 4.16. The first-order valence-corrected chi connectivity index (χ1v) is 6.30. The van der Waals surface area contributed by atoms with Gasteiger partial charge in [0.1, 0.15) is 11.6 Å². The van der Waals surface area contributed by atoms with E-state index in [1.807, 2.05) is 6.07 Å². The zero-order chi connectivity index (χ0) is 13.8. The van der Waals surface area contributed by atoms with Crippen LogP contribution in [0, 0.1) is 5.82 Å². The average molecular weight is 324 g/mol. The van der Waals surface area contributed by atoms with Gasteiger partial charge in [0.25, 0.3) is 5.91 Å². The fourth-order valence-corrected chi connectivity index (χ4v) is 1.97. The molecule has 0 saturated heterocycles. The maximum absolute atomic E-state index is 13.7. The average Bonchev–Trinajstić information content (AvgIpc) is 2.38. The summed E-state index contributed by atoms with van der Waals surface area (Å²) in [5, 5.41) is 2.63. The fraction of sp³-hybridized carbons (Fsp3) is 0.0714. The molecule has 0 fully saturated rings. The van der Waals surface area contributed by atoms with Crippen molar-refractivity contribution in [3.63, 3.8) is 0 Å². The van der Waals surface area contributed by atoms with Gasteiger partial charge in [-0.2, -0.15) is 0 Å². The molecule has 5 heteroatoms. The highest BCUT2D eigenvalue weighted by Gasteiger charge is 2.12. The topological polar surface area (TPSA) is 38.3 Å². The van der Waals surface area contributed by atoms with Crippen LogP contribution in [-0.4, -0.2) is 13.0 Å². The van der Waals surface area contributed by atoms with Gasteiger partial charge < -0.3 is 10.1 Å². The summed E-state index contributed by atoms with van der Waals surface area (Å²) in [6, 6.07) is 11.2. The molecule has 0 unspecified atom stereocenters. The number of hydrogen-bond donors (Lipinski definition) is 1. The standard InChI is InChI=1S/C14H11BrFNO2/c1-19-11-5-6-12(13(16)8-11)14(18)17-10-4-2-3-9(15)7-10/h2-8H,1H3,(H,17,18). The van der Waals surface area contributed by atoms with Gasteiger partial charge in [-0.05, 0) is 30.3 Å². The molecule has 0 aliphatic carbocycles. The van der Waals surface area contributed by atoms with Gasteiger partial charge in [-0.15, -0.1) is 0 Å². The molecular weight excluding hydrogens is 313 g/mol. The molecule has 0 radical (unpaired) electrons. The first kappa shape index (κ1) is 13.5. The highest BCUT2D eigenvalue weighted by atomic mass is 79.9. The summed E-state index contributed by atoms with van der Waals surface area (Å²) in [4.78, 5) is 11.9. The third kappa shape index (κ3) is 3.32. The number of carbonyl (C=O) groups excluding carboxylic acids is 1. The number of rotatable bonds is 3. The lowest BCUT2D eigenvalue weighted by molar-refractivity contribution is 0.102. The Balaban J connectivity index is 2.20. The number of halogens is 2. The monoisotopic (exact) mass is 323 g/mol. The van der Waals surface area contributed by atoms with Crippen molar-refractivity contribution < 1.29 is 13.9 Å². The number of hydrogen-bond acceptors (Lipinski definition) is 2. The van der Waals surface area contributed by atoms with Crippen molar-refractivity contribution in [1.29, 1.82) is 0 Å². The van der Waals surface area contributed by atoms with Crippen LogP contribution in [0.2, 0.25) is 0 Å². The minimum absolute atomic E-state index is 0.0271. The Bertz CT molecular complexity index is 616. The summed E-state index contributed by atoms with van der Waals surface area (Å²) < 4.78 is 19.4. The number of methoxy groups -OCH3 is 1. The van der Waals surface area contributed by atoms with Crippen molar-refractivity contribution in [3.05, 3.63) is 58.3 Å². The highest BCUT2D eigenvalue weighted by molar-refractivity contribution is 9.10. The van der Waals surface area contributed by atoms with Gasteiger partial charge in [0.15, 0.2) is 0 Å². The Morgan fingerprint density at radius 3 is 2.68 bits per heavy atom. The molecule has 0 aliphatic heterocycles. The van der Waals surface area contributed by atoms with Crippen LogP contribution in [-0.2, 0) is 0 Å². The molecule has 0 spiro atoms. The molecule has 1 N–H and O–H groups in total. The maximum Gasteiger partial charge on any atom is 0.258 e. The number of carbonyl (C=O) groups is 1. The van der Waals surface area contributed by atoms with Crippen molar-refractivity contribution >= 4 is 27.5 Å². The molecule has 3 nitrogen and oxygen atoms in total. The largest absolute Gasteiger partial charge is 0.497 e. The Hall–Kier alpha value is -1.88. The Morgan fingerprint density at radius 2 is 2.05 bits per heavy atom. The van der Waals surface area contributed by atoms with Gasteiger partial charge in [-0.3, -0.25) is 4.79 Å². The number of amides is 1. The SMILES string of the molecule is COc1ccc(C(=O)Nc2cccc(Br)c2)c(F)c1. The second-order valence-electron chi connectivity index (χ2n) is 3.81. The molecule has 98 valence electrons. The predicted octanol–water partition coefficient (Wildman–Crippen LogP) is 3.85. The molecule has 0 heterocycles. The van der Waals surface area contributed by atoms with E-state index in [4.69, 9.17) is 4.74 Å². The normalized spacial score (nSPS) is 10.1. The number of nitrogens with one attached hydrogen (secondary N) is 1. The zero-order valence-electron chi connectivity index (χ0n) is 10.1. The van der Waals surface area contributed by atoms with Crippen LogP contribution in [0.5, 0.6) is 5.75 Å². The molecule has 19 heavy (non-hydrogen) atoms. The number of ether oxygens (including phenoxy) is 1. The van der Waals surface area contributed by atoms with Gasteiger partial charge in [0, 0.05) is 16.2 Å². The number of anilines is 1. The summed E-state index contributed by atoms with van der Waals surface area (Å²) in [5.41, 5.74) is 0.565. The highest BCUT2D eigenvalue weighted by Crippen LogP contribution is 2.19. The van der Waals surface area contributed by atoms with E-state index < -0.39 is 11.7 Å². The van der Waals surface area contributed by atoms with Crippen LogP contribution in [0.25, 0.3) is 0 Å². The quantitative estimate of drug-likeness (QED) is 0.931. The van der Waals surface area contributed by atoms with Crippen molar-refractivity contribution in [3.8, 4) is 5.75 Å². The van der Waals surface area contributed by atoms with Crippen molar-refractivity contribution in [2.45, 2.75) is 0 Å². The molecule has 0 aliphatic rings. The van der Waals surface area contributed by atoms with Crippen molar-refractivity contribution in [1.82, 2.24) is 0 Å². The van der Waals surface area contributed by atoms with E-state index in [0.717, 1.165) is 4.47 Å². The van der Waals surface area contributed by atoms with E-state index in [-0.39, 0.29) is 5.56 Å². The van der Waals surface area contributed by atoms with E-state index in [2.05, 4.69) is 21.2 Å². The van der Waals surface area contributed by atoms with Crippen LogP contribution in [0.15, 0.2) is 46.9 Å². The summed E-state index contributed by atoms with van der Waals surface area (Å²) in [7, 11) is 1.44. The van der Waals surface area contributed by atoms with E-state index in [0.29, 0.717) is 11.4 Å². The fourth-order valence-electron chi connectivity index (χ4n) is 1.57. The molecule has 2 aromatic rings. The molecule has 2 rings (SSSR count). The summed E-state index contributed by atoms with van der Waals surface area (Å²) in [6.45, 7) is 0. The summed E-state index contributed by atoms with van der Waals surface area (Å²) >= 11 is 3.30. The second kappa shape index (κ2) is 5.84. The van der Waals surface area contributed by atoms with Gasteiger partial charge in [-0.1, -0.05) is 22.0 Å². The summed E-state index contributed by atoms with van der Waals surface area (Å²) in [6.07, 6.45) is 0. The van der Waals surface area contributed by atoms with E-state index >= 15 is 0 Å². The van der Waals surface area contributed by atoms with Crippen molar-refractivity contribution in [2.24, 2.45) is 0 Å². The van der Waals surface area contributed by atoms with Crippen LogP contribution >= 0.6 is 15.9 Å². The number of benzene rings is 2. The van der Waals surface area contributed by atoms with Crippen molar-refractivity contribution in [2.75, 3.05) is 12.4 Å². The van der Waals surface area contributed by atoms with Gasteiger partial charge >= 0.3 is 0 Å². The molecule has 0 saturated carbocycles. The van der Waals surface area contributed by atoms with E-state index in [9.17, 15) is 9.18 Å². The third-order valence-corrected chi connectivity index (χ3v) is 3.00. The first-order valence-electron chi connectivity index (χ1n) is 5.50. The molecule has 0 atom stereocenters. The molecule has 2 aromatic carbocycles. The smallest absolute Gasteiger partial charge is 0.258 e. The zero-order valence-corrected chi connectivity index (χ0v) is 11.7. The summed E-state index contributed by atoms with van der Waals surface area (Å²) in [5.74, 6) is -0.749. The Labute approximate surface area is 118 Å². The lowest BCUT2D eigenvalue weighted by Gasteiger charge is -2.07. The maximum atomic E-state index is 13.7. The second-order valence-corrected chi connectivity index (χ2v) is 4.73. The van der Waals surface area contributed by atoms with Crippen LogP contribution in [0.1, 0.15) is 10.4 Å². The minimum Gasteiger partial charge on any atom is -0.497 e. The van der Waals surface area contributed by atoms with Crippen LogP contribution in [0.3, 0.4) is 0 Å². The third-order valence-electron chi connectivity index (χ3n) is 2.50. The lowest BCUT2D eigenvalue weighted by Crippen LogP contribution is -2.13. The molecule has 0 aromatic heterocycles. The van der Waals surface area contributed by atoms with E-state index in [1.54, 1.807) is 24.3 Å². The first-order chi connectivity index (χ1) is 9.10. The van der Waals surface area contributed by atoms with Crippen LogP contribution in [0.4, 0.5) is 10.1 Å². The van der Waals surface area contributed by atoms with Gasteiger partial charge in [0.05, 0.1) is 12.7 Å². The molecular formula is C14H11BrFNO2. The minimum atomic E-state index is -0.619. The van der Waals surface area contributed by atoms with Gasteiger partial charge in [0.2, 0.25) is 0 Å². The molecule has 1 amide bonds. The predicted molar refractivity (Wildman–Crippen MR) is 75.0 cm³/mol. The molecule has 0 bridgehead atoms. The lowest BCUT2D eigenvalue weighted by atomic mass is 10.2. The van der Waals surface area contributed by atoms with E-state index in [1.165, 1.54) is 19.2 Å².